The number of benzene rings is 3. The molecule has 5 aliphatic heterocycles. The molecule has 3 aromatic heterocycles. The number of hydrogen-bond donors (Lipinski definition) is 4. The lowest BCUT2D eigenvalue weighted by Crippen LogP contribution is -2.59. The Hall–Kier alpha value is -5.75. The minimum absolute atomic E-state index is 0.00196. The van der Waals surface area contributed by atoms with E-state index < -0.39 is 12.0 Å². The number of nitrogens with zero attached hydrogens (tertiary/aromatic N) is 9. The van der Waals surface area contributed by atoms with E-state index in [0.717, 1.165) is 101 Å². The first-order valence-corrected chi connectivity index (χ1v) is 26.5. The van der Waals surface area contributed by atoms with Crippen LogP contribution in [0.25, 0.3) is 43.8 Å². The molecule has 5 saturated heterocycles. The van der Waals surface area contributed by atoms with Gasteiger partial charge in [-0.2, -0.15) is 15.1 Å². The Labute approximate surface area is 417 Å². The first-order chi connectivity index (χ1) is 34.9. The SMILES string of the molecule is CCc1c(F)ccc2cc(O)cc(-c3ncc4c(N5CC6CCC(C5)N6)nc(OCC5(CN6CCC7(CC6)CC(N6CCN(c8ccc9c(C%10CCC(O)NC%10=O)nn(C)c9c8)CC6)C7)CC5)nc4c3F)c12. The fourth-order valence-corrected chi connectivity index (χ4v) is 13.7. The molecule has 72 heavy (non-hydrogen) atoms. The number of piperidine rings is 2. The van der Waals surface area contributed by atoms with Crippen LogP contribution in [0.15, 0.2) is 48.7 Å². The summed E-state index contributed by atoms with van der Waals surface area (Å²) < 4.78 is 40.9. The highest BCUT2D eigenvalue weighted by Gasteiger charge is 2.51. The highest BCUT2D eigenvalue weighted by atomic mass is 19.1. The molecule has 15 nitrogen and oxygen atoms in total. The number of aromatic hydroxyl groups is 1. The van der Waals surface area contributed by atoms with Gasteiger partial charge in [-0.15, -0.1) is 0 Å². The van der Waals surface area contributed by atoms with Gasteiger partial charge < -0.3 is 40.3 Å². The summed E-state index contributed by atoms with van der Waals surface area (Å²) in [5.41, 5.74) is 4.31. The fourth-order valence-electron chi connectivity index (χ4n) is 13.7. The van der Waals surface area contributed by atoms with Gasteiger partial charge in [0.1, 0.15) is 34.8 Å². The second-order valence-corrected chi connectivity index (χ2v) is 22.5. The Bertz CT molecular complexity index is 3090. The van der Waals surface area contributed by atoms with Crippen LogP contribution < -0.4 is 25.2 Å². The third-order valence-electron chi connectivity index (χ3n) is 17.9. The van der Waals surface area contributed by atoms with E-state index in [4.69, 9.17) is 19.8 Å². The second-order valence-electron chi connectivity index (χ2n) is 22.5. The summed E-state index contributed by atoms with van der Waals surface area (Å²) in [6, 6.07) is 14.0. The Morgan fingerprint density at radius 3 is 2.39 bits per heavy atom. The van der Waals surface area contributed by atoms with Crippen LogP contribution in [-0.2, 0) is 18.3 Å². The first kappa shape index (κ1) is 46.1. The van der Waals surface area contributed by atoms with Crippen molar-refractivity contribution in [3.05, 3.63) is 71.6 Å². The zero-order valence-corrected chi connectivity index (χ0v) is 41.3. The maximum atomic E-state index is 17.2. The minimum atomic E-state index is -0.780. The van der Waals surface area contributed by atoms with E-state index in [1.165, 1.54) is 43.5 Å². The largest absolute Gasteiger partial charge is 0.508 e. The van der Waals surface area contributed by atoms with Crippen molar-refractivity contribution in [2.24, 2.45) is 17.9 Å². The Morgan fingerprint density at radius 2 is 1.65 bits per heavy atom. The van der Waals surface area contributed by atoms with Crippen LogP contribution in [0.1, 0.15) is 88.3 Å². The van der Waals surface area contributed by atoms with E-state index in [2.05, 4.69) is 53.4 Å². The molecule has 4 unspecified atom stereocenters. The van der Waals surface area contributed by atoms with Crippen LogP contribution >= 0.6 is 0 Å². The molecule has 13 rings (SSSR count). The quantitative estimate of drug-likeness (QED) is 0.108. The number of halogens is 2. The number of rotatable bonds is 11. The van der Waals surface area contributed by atoms with Crippen LogP contribution in [0.5, 0.6) is 11.8 Å². The van der Waals surface area contributed by atoms with Crippen molar-refractivity contribution in [2.75, 3.05) is 75.3 Å². The number of likely N-dealkylation sites (tertiary alicyclic amines) is 1. The lowest BCUT2D eigenvalue weighted by Gasteiger charge is -2.56. The van der Waals surface area contributed by atoms with Crippen molar-refractivity contribution in [3.63, 3.8) is 0 Å². The Balaban J connectivity index is 0.650. The molecule has 378 valence electrons. The standard InChI is InChI=1S/C55H65F2N11O4/c1-3-38-43(56)10-4-32-22-37(69)24-41(46(32)38)49-47(57)50-42(27-58-49)51(68-28-33-5-6-34(29-68)59-33)62-53(61-50)72-31-55(12-13-55)30-65-16-14-54(15-17-65)25-36(26-54)67-20-18-66(19-21-67)35-7-8-39-44(23-35)64(2)63-48(39)40-9-11-45(70)60-52(40)71/h4,7-8,10,22-24,27,33-34,36,40,45,59,69-70H,3,5-6,9,11-21,25-26,28-31H2,1-2H3,(H,60,71). The predicted molar refractivity (Wildman–Crippen MR) is 272 cm³/mol. The number of aliphatic hydroxyl groups is 1. The number of phenolic OH excluding ortho intramolecular Hbond substituents is 1. The minimum Gasteiger partial charge on any atom is -0.508 e. The smallest absolute Gasteiger partial charge is 0.319 e. The summed E-state index contributed by atoms with van der Waals surface area (Å²) in [6.45, 7) is 11.0. The Morgan fingerprint density at radius 1 is 0.875 bits per heavy atom. The number of hydrogen-bond acceptors (Lipinski definition) is 13. The second kappa shape index (κ2) is 17.7. The number of fused-ring (bicyclic) bond motifs is 5. The number of amides is 1. The van der Waals surface area contributed by atoms with E-state index in [1.54, 1.807) is 18.3 Å². The molecular weight excluding hydrogens is 917 g/mol. The van der Waals surface area contributed by atoms with E-state index >= 15 is 8.78 Å². The van der Waals surface area contributed by atoms with Crippen molar-refractivity contribution in [1.29, 1.82) is 0 Å². The van der Waals surface area contributed by atoms with Gasteiger partial charge in [-0.05, 0) is 142 Å². The van der Waals surface area contributed by atoms with Gasteiger partial charge >= 0.3 is 6.01 Å². The third-order valence-corrected chi connectivity index (χ3v) is 17.9. The van der Waals surface area contributed by atoms with E-state index in [-0.39, 0.29) is 46.0 Å². The zero-order valence-electron chi connectivity index (χ0n) is 41.3. The van der Waals surface area contributed by atoms with Gasteiger partial charge in [0.25, 0.3) is 0 Å². The molecule has 1 spiro atoms. The summed E-state index contributed by atoms with van der Waals surface area (Å²) in [7, 11) is 1.95. The molecule has 2 saturated carbocycles. The molecule has 7 aliphatic rings. The number of nitrogens with one attached hydrogen (secondary N) is 2. The van der Waals surface area contributed by atoms with Crippen LogP contribution in [0.2, 0.25) is 0 Å². The van der Waals surface area contributed by atoms with Crippen LogP contribution in [0.4, 0.5) is 20.3 Å². The molecule has 6 aromatic rings. The summed E-state index contributed by atoms with van der Waals surface area (Å²) in [5, 5.41) is 34.5. The molecule has 7 fully saturated rings. The lowest BCUT2D eigenvalue weighted by atomic mass is 9.60. The van der Waals surface area contributed by atoms with E-state index in [9.17, 15) is 15.0 Å². The molecule has 2 bridgehead atoms. The first-order valence-electron chi connectivity index (χ1n) is 26.5. The molecule has 17 heteroatoms. The highest BCUT2D eigenvalue weighted by Crippen LogP contribution is 2.53. The van der Waals surface area contributed by atoms with E-state index in [0.29, 0.717) is 82.5 Å². The number of carbonyl (C=O) groups is 1. The van der Waals surface area contributed by atoms with Gasteiger partial charge in [-0.1, -0.05) is 13.0 Å². The summed E-state index contributed by atoms with van der Waals surface area (Å²) in [4.78, 5) is 37.2. The number of aliphatic hydroxyl groups excluding tert-OH is 1. The van der Waals surface area contributed by atoms with Crippen molar-refractivity contribution in [1.82, 2.24) is 45.2 Å². The number of aromatic nitrogens is 5. The molecule has 0 radical (unpaired) electrons. The molecule has 8 heterocycles. The van der Waals surface area contributed by atoms with E-state index in [1.807, 2.05) is 18.7 Å². The van der Waals surface area contributed by atoms with Gasteiger partial charge in [-0.3, -0.25) is 19.4 Å². The van der Waals surface area contributed by atoms with Crippen molar-refractivity contribution in [3.8, 4) is 23.0 Å². The summed E-state index contributed by atoms with van der Waals surface area (Å²) >= 11 is 0. The van der Waals surface area contributed by atoms with Crippen LogP contribution in [0, 0.1) is 22.5 Å². The maximum absolute atomic E-state index is 17.2. The van der Waals surface area contributed by atoms with Crippen molar-refractivity contribution >= 4 is 50.0 Å². The number of phenols is 1. The fraction of sp³-hybridized carbons (Fsp3) is 0.545. The zero-order chi connectivity index (χ0) is 49.0. The highest BCUT2D eigenvalue weighted by molar-refractivity contribution is 6.02. The number of piperazine rings is 2. The Kier molecular flexibility index (Phi) is 11.3. The average Bonchev–Trinajstić information content (AvgIpc) is 3.95. The normalized spacial score (nSPS) is 25.4. The molecule has 4 atom stereocenters. The topological polar surface area (TPSA) is 160 Å². The van der Waals surface area contributed by atoms with Crippen LogP contribution in [0.3, 0.4) is 0 Å². The van der Waals surface area contributed by atoms with Crippen molar-refractivity contribution < 1.29 is 28.5 Å². The number of anilines is 2. The molecule has 4 N–H and O–H groups in total. The molecule has 3 aromatic carbocycles. The van der Waals surface area contributed by atoms with Crippen LogP contribution in [-0.4, -0.2) is 141 Å². The van der Waals surface area contributed by atoms with Gasteiger partial charge in [0, 0.05) is 99.2 Å². The number of aryl methyl sites for hydroxylation is 2. The third kappa shape index (κ3) is 8.18. The lowest BCUT2D eigenvalue weighted by molar-refractivity contribution is -0.128. The number of carbonyl (C=O) groups excluding carboxylic acids is 1. The maximum Gasteiger partial charge on any atom is 0.319 e. The summed E-state index contributed by atoms with van der Waals surface area (Å²) in [5.74, 6) is -0.968. The molecule has 2 aliphatic carbocycles. The molecule has 1 amide bonds. The van der Waals surface area contributed by atoms with Gasteiger partial charge in [0.05, 0.1) is 29.1 Å². The summed E-state index contributed by atoms with van der Waals surface area (Å²) in [6.07, 6.45) is 11.6. The predicted octanol–water partition coefficient (Wildman–Crippen LogP) is 6.76. The number of pyridine rings is 1. The average molecular weight is 982 g/mol. The van der Waals surface area contributed by atoms with Gasteiger partial charge in [0.15, 0.2) is 5.82 Å². The monoisotopic (exact) mass is 982 g/mol. The molecular formula is C55H65F2N11O4. The van der Waals surface area contributed by atoms with Gasteiger partial charge in [0.2, 0.25) is 5.91 Å². The van der Waals surface area contributed by atoms with Crippen molar-refractivity contribution in [2.45, 2.75) is 108 Å². The van der Waals surface area contributed by atoms with Gasteiger partial charge in [-0.25, -0.2) is 8.78 Å². The number of ether oxygens (including phenoxy) is 1.